The van der Waals surface area contributed by atoms with Gasteiger partial charge < -0.3 is 0 Å². The van der Waals surface area contributed by atoms with E-state index in [0.717, 1.165) is 51.3 Å². The van der Waals surface area contributed by atoms with E-state index >= 15 is 0 Å². The summed E-state index contributed by atoms with van der Waals surface area (Å²) < 4.78 is 0. The van der Waals surface area contributed by atoms with E-state index in [-0.39, 0.29) is 0 Å². The molecule has 6 rings (SSSR count). The normalized spacial score (nSPS) is 15.8. The van der Waals surface area contributed by atoms with Crippen molar-refractivity contribution < 1.29 is 0 Å². The van der Waals surface area contributed by atoms with Crippen LogP contribution in [0.15, 0.2) is 87.8 Å². The van der Waals surface area contributed by atoms with Crippen molar-refractivity contribution in [1.29, 1.82) is 0 Å². The number of hydrogen-bond acceptors (Lipinski definition) is 4. The number of nitrogens with zero attached hydrogens (tertiary/aromatic N) is 4. The summed E-state index contributed by atoms with van der Waals surface area (Å²) in [4.78, 5) is 16.9. The maximum atomic E-state index is 4.95. The molecule has 25 heavy (non-hydrogen) atoms. The summed E-state index contributed by atoms with van der Waals surface area (Å²) in [5, 5.41) is 0. The third-order valence-electron chi connectivity index (χ3n) is 4.75. The number of fused-ring (bicyclic) bond motifs is 6. The Kier molecular flexibility index (Phi) is 2.32. The van der Waals surface area contributed by atoms with E-state index in [9.17, 15) is 0 Å². The van der Waals surface area contributed by atoms with Gasteiger partial charge in [-0.05, 0) is 36.4 Å². The van der Waals surface area contributed by atoms with Gasteiger partial charge in [0.2, 0.25) is 0 Å². The summed E-state index contributed by atoms with van der Waals surface area (Å²) in [5.74, 6) is 2.69. The predicted molar refractivity (Wildman–Crippen MR) is 99.8 cm³/mol. The summed E-state index contributed by atoms with van der Waals surface area (Å²) in [7, 11) is 0. The minimum atomic E-state index is 0.896. The van der Waals surface area contributed by atoms with E-state index < -0.39 is 0 Å². The van der Waals surface area contributed by atoms with Crippen molar-refractivity contribution >= 4 is 34.6 Å². The Bertz CT molecular complexity index is 1010. The molecule has 0 aromatic heterocycles. The van der Waals surface area contributed by atoms with Gasteiger partial charge in [0.25, 0.3) is 0 Å². The molecule has 0 saturated carbocycles. The highest BCUT2D eigenvalue weighted by Gasteiger charge is 2.38. The van der Waals surface area contributed by atoms with E-state index in [1.807, 2.05) is 54.6 Å². The molecule has 0 radical (unpaired) electrons. The third-order valence-corrected chi connectivity index (χ3v) is 4.75. The number of para-hydroxylation sites is 3. The lowest BCUT2D eigenvalue weighted by Crippen LogP contribution is -2.48. The molecule has 0 N–H and O–H groups in total. The minimum absolute atomic E-state index is 0.896. The molecule has 0 unspecified atom stereocenters. The van der Waals surface area contributed by atoms with E-state index in [1.54, 1.807) is 0 Å². The smallest absolute Gasteiger partial charge is 0.150 e. The Morgan fingerprint density at radius 2 is 0.760 bits per heavy atom. The van der Waals surface area contributed by atoms with Crippen LogP contribution < -0.4 is 0 Å². The van der Waals surface area contributed by atoms with Gasteiger partial charge in [-0.1, -0.05) is 36.4 Å². The lowest BCUT2D eigenvalue weighted by molar-refractivity contribution is 0.863. The fraction of sp³-hybridized carbons (Fsp3) is 0. The topological polar surface area (TPSA) is 40.3 Å². The predicted octanol–water partition coefficient (Wildman–Crippen LogP) is 4.56. The average Bonchev–Trinajstić information content (AvgIpc) is 2.68. The zero-order valence-electron chi connectivity index (χ0n) is 13.2. The molecule has 0 fully saturated rings. The highest BCUT2D eigenvalue weighted by molar-refractivity contribution is 6.36. The average molecular weight is 320 g/mol. The molecule has 0 spiro atoms. The third kappa shape index (κ3) is 1.63. The summed E-state index contributed by atoms with van der Waals surface area (Å²) in [5.41, 5.74) is 5.95. The SMILES string of the molecule is c1ccc2c(c1)N=C1c3ccccc3N=C3c4ccccc4N=C2N13. The van der Waals surface area contributed by atoms with Crippen molar-refractivity contribution in [3.63, 3.8) is 0 Å². The Hall–Kier alpha value is -3.53. The van der Waals surface area contributed by atoms with Gasteiger partial charge in [0.1, 0.15) is 17.5 Å². The van der Waals surface area contributed by atoms with Gasteiger partial charge >= 0.3 is 0 Å². The number of hydrogen-bond donors (Lipinski definition) is 0. The van der Waals surface area contributed by atoms with Crippen LogP contribution in [0.5, 0.6) is 0 Å². The second kappa shape index (κ2) is 4.51. The summed E-state index contributed by atoms with van der Waals surface area (Å²) in [6, 6.07) is 24.4. The Balaban J connectivity index is 1.78. The molecule has 3 aromatic rings. The number of benzene rings is 3. The van der Waals surface area contributed by atoms with Crippen molar-refractivity contribution in [1.82, 2.24) is 4.90 Å². The van der Waals surface area contributed by atoms with Crippen LogP contribution >= 0.6 is 0 Å². The first-order valence-corrected chi connectivity index (χ1v) is 8.24. The number of aliphatic imine (C=N–C) groups is 3. The van der Waals surface area contributed by atoms with Crippen molar-refractivity contribution in [3.05, 3.63) is 89.5 Å². The molecule has 116 valence electrons. The highest BCUT2D eigenvalue weighted by atomic mass is 15.3. The van der Waals surface area contributed by atoms with Crippen molar-refractivity contribution in [2.24, 2.45) is 15.0 Å². The van der Waals surface area contributed by atoms with Gasteiger partial charge in [0.15, 0.2) is 0 Å². The van der Waals surface area contributed by atoms with Crippen LogP contribution in [0.3, 0.4) is 0 Å². The van der Waals surface area contributed by atoms with Crippen LogP contribution in [0.2, 0.25) is 0 Å². The first-order chi connectivity index (χ1) is 12.4. The standard InChI is InChI=1S/C21H12N4/c1-4-10-16-13(7-1)19-23-17-11-5-2-8-14(17)21-24-18-12-6-3-9-15(18)20(22-16)25(19)21/h1-12H. The molecular formula is C21H12N4. The molecule has 3 aliphatic rings. The van der Waals surface area contributed by atoms with Gasteiger partial charge in [0, 0.05) is 16.7 Å². The Labute approximate surface area is 144 Å². The van der Waals surface area contributed by atoms with Gasteiger partial charge in [-0.3, -0.25) is 4.90 Å². The zero-order chi connectivity index (χ0) is 16.4. The van der Waals surface area contributed by atoms with Crippen molar-refractivity contribution in [3.8, 4) is 0 Å². The van der Waals surface area contributed by atoms with E-state index in [1.165, 1.54) is 0 Å². The van der Waals surface area contributed by atoms with Gasteiger partial charge in [-0.2, -0.15) is 0 Å². The second-order valence-corrected chi connectivity index (χ2v) is 6.19. The Morgan fingerprint density at radius 1 is 0.440 bits per heavy atom. The minimum Gasteiger partial charge on any atom is -0.261 e. The van der Waals surface area contributed by atoms with Crippen LogP contribution in [-0.4, -0.2) is 22.4 Å². The molecule has 0 amide bonds. The fourth-order valence-electron chi connectivity index (χ4n) is 3.62. The highest BCUT2D eigenvalue weighted by Crippen LogP contribution is 2.40. The first kappa shape index (κ1) is 12.8. The number of amidine groups is 3. The maximum Gasteiger partial charge on any atom is 0.150 e. The van der Waals surface area contributed by atoms with Crippen LogP contribution in [-0.2, 0) is 0 Å². The molecular weight excluding hydrogens is 308 g/mol. The van der Waals surface area contributed by atoms with Gasteiger partial charge in [0.05, 0.1) is 17.1 Å². The largest absolute Gasteiger partial charge is 0.261 e. The van der Waals surface area contributed by atoms with Crippen LogP contribution in [0, 0.1) is 0 Å². The Morgan fingerprint density at radius 3 is 1.12 bits per heavy atom. The molecule has 3 heterocycles. The van der Waals surface area contributed by atoms with Crippen molar-refractivity contribution in [2.45, 2.75) is 0 Å². The number of rotatable bonds is 0. The monoisotopic (exact) mass is 320 g/mol. The second-order valence-electron chi connectivity index (χ2n) is 6.19. The van der Waals surface area contributed by atoms with Crippen LogP contribution in [0.1, 0.15) is 16.7 Å². The summed E-state index contributed by atoms with van der Waals surface area (Å²) in [6.07, 6.45) is 0. The quantitative estimate of drug-likeness (QED) is 0.598. The van der Waals surface area contributed by atoms with Gasteiger partial charge in [-0.25, -0.2) is 15.0 Å². The lowest BCUT2D eigenvalue weighted by Gasteiger charge is -2.38. The fourth-order valence-corrected chi connectivity index (χ4v) is 3.62. The molecule has 0 aliphatic carbocycles. The lowest BCUT2D eigenvalue weighted by atomic mass is 9.98. The van der Waals surface area contributed by atoms with E-state index in [0.29, 0.717) is 0 Å². The van der Waals surface area contributed by atoms with Crippen LogP contribution in [0.4, 0.5) is 17.1 Å². The molecule has 0 bridgehead atoms. The van der Waals surface area contributed by atoms with E-state index in [4.69, 9.17) is 15.0 Å². The van der Waals surface area contributed by atoms with E-state index in [2.05, 4.69) is 23.1 Å². The van der Waals surface area contributed by atoms with Gasteiger partial charge in [-0.15, -0.1) is 0 Å². The molecule has 4 nitrogen and oxygen atoms in total. The van der Waals surface area contributed by atoms with Crippen LogP contribution in [0.25, 0.3) is 0 Å². The van der Waals surface area contributed by atoms with Crippen molar-refractivity contribution in [2.75, 3.05) is 0 Å². The first-order valence-electron chi connectivity index (χ1n) is 8.24. The summed E-state index contributed by atoms with van der Waals surface area (Å²) in [6.45, 7) is 0. The summed E-state index contributed by atoms with van der Waals surface area (Å²) >= 11 is 0. The molecule has 4 heteroatoms. The molecule has 0 atom stereocenters. The maximum absolute atomic E-state index is 4.95. The molecule has 3 aromatic carbocycles. The molecule has 0 saturated heterocycles. The zero-order valence-corrected chi connectivity index (χ0v) is 13.2. The molecule has 3 aliphatic heterocycles.